The molecule has 4 heteroatoms. The Labute approximate surface area is 111 Å². The third-order valence-corrected chi connectivity index (χ3v) is 3.82. The highest BCUT2D eigenvalue weighted by Gasteiger charge is 2.34. The highest BCUT2D eigenvalue weighted by Crippen LogP contribution is 2.30. The molecule has 2 aliphatic rings. The summed E-state index contributed by atoms with van der Waals surface area (Å²) in [5, 5.41) is 3.42. The lowest BCUT2D eigenvalue weighted by atomic mass is 9.89. The standard InChI is InChI=1S/C14H27N3O/c1-5-15-12(16-8-14(4)10-18-11-14)17-7-6-13(2,3)9-17/h5-11H2,1-4H3,(H,15,16). The van der Waals surface area contributed by atoms with E-state index in [1.54, 1.807) is 0 Å². The SMILES string of the molecule is CCNC(=NCC1(C)COC1)N1CCC(C)(C)C1. The largest absolute Gasteiger partial charge is 0.380 e. The van der Waals surface area contributed by atoms with Crippen LogP contribution >= 0.6 is 0 Å². The van der Waals surface area contributed by atoms with Crippen molar-refractivity contribution in [3.05, 3.63) is 0 Å². The average molecular weight is 253 g/mol. The number of nitrogens with zero attached hydrogens (tertiary/aromatic N) is 2. The number of aliphatic imine (C=N–C) groups is 1. The van der Waals surface area contributed by atoms with Gasteiger partial charge in [0.2, 0.25) is 0 Å². The van der Waals surface area contributed by atoms with Crippen LogP contribution in [0.1, 0.15) is 34.1 Å². The van der Waals surface area contributed by atoms with Crippen LogP contribution in [0.25, 0.3) is 0 Å². The van der Waals surface area contributed by atoms with Gasteiger partial charge < -0.3 is 15.0 Å². The lowest BCUT2D eigenvalue weighted by Gasteiger charge is -2.37. The molecule has 0 atom stereocenters. The van der Waals surface area contributed by atoms with Gasteiger partial charge in [-0.2, -0.15) is 0 Å². The fraction of sp³-hybridized carbons (Fsp3) is 0.929. The summed E-state index contributed by atoms with van der Waals surface area (Å²) in [7, 11) is 0. The van der Waals surface area contributed by atoms with Crippen molar-refractivity contribution < 1.29 is 4.74 Å². The zero-order valence-corrected chi connectivity index (χ0v) is 12.3. The van der Waals surface area contributed by atoms with Crippen molar-refractivity contribution in [3.63, 3.8) is 0 Å². The molecule has 2 fully saturated rings. The molecule has 0 aromatic carbocycles. The first-order valence-corrected chi connectivity index (χ1v) is 7.05. The Morgan fingerprint density at radius 1 is 1.33 bits per heavy atom. The summed E-state index contributed by atoms with van der Waals surface area (Å²) in [4.78, 5) is 7.20. The second kappa shape index (κ2) is 5.08. The highest BCUT2D eigenvalue weighted by atomic mass is 16.5. The van der Waals surface area contributed by atoms with E-state index in [0.29, 0.717) is 5.41 Å². The summed E-state index contributed by atoms with van der Waals surface area (Å²) in [6.07, 6.45) is 1.25. The molecule has 1 N–H and O–H groups in total. The van der Waals surface area contributed by atoms with Crippen LogP contribution in [0.5, 0.6) is 0 Å². The smallest absolute Gasteiger partial charge is 0.193 e. The molecule has 0 radical (unpaired) electrons. The van der Waals surface area contributed by atoms with Crippen molar-refractivity contribution in [3.8, 4) is 0 Å². The molecular formula is C14H27N3O. The molecule has 0 aromatic heterocycles. The number of guanidine groups is 1. The second-order valence-corrected chi connectivity index (χ2v) is 6.81. The van der Waals surface area contributed by atoms with Crippen molar-refractivity contribution in [1.29, 1.82) is 0 Å². The average Bonchev–Trinajstić information content (AvgIpc) is 2.62. The lowest BCUT2D eigenvalue weighted by molar-refractivity contribution is -0.0946. The third-order valence-electron chi connectivity index (χ3n) is 3.82. The summed E-state index contributed by atoms with van der Waals surface area (Å²) in [5.74, 6) is 1.08. The molecule has 0 bridgehead atoms. The summed E-state index contributed by atoms with van der Waals surface area (Å²) >= 11 is 0. The van der Waals surface area contributed by atoms with Crippen molar-refractivity contribution >= 4 is 5.96 Å². The molecule has 2 rings (SSSR count). The maximum absolute atomic E-state index is 5.29. The van der Waals surface area contributed by atoms with Gasteiger partial charge in [-0.1, -0.05) is 20.8 Å². The van der Waals surface area contributed by atoms with Crippen molar-refractivity contribution in [2.24, 2.45) is 15.8 Å². The predicted octanol–water partition coefficient (Wildman–Crippen LogP) is 1.72. The van der Waals surface area contributed by atoms with Gasteiger partial charge in [0.1, 0.15) is 0 Å². The van der Waals surface area contributed by atoms with E-state index in [2.05, 4.69) is 37.9 Å². The quantitative estimate of drug-likeness (QED) is 0.614. The van der Waals surface area contributed by atoms with E-state index in [4.69, 9.17) is 9.73 Å². The Kier molecular flexibility index (Phi) is 3.85. The number of rotatable bonds is 3. The van der Waals surface area contributed by atoms with E-state index < -0.39 is 0 Å². The lowest BCUT2D eigenvalue weighted by Crippen LogP contribution is -2.45. The Bertz CT molecular complexity index is 321. The zero-order valence-electron chi connectivity index (χ0n) is 12.3. The highest BCUT2D eigenvalue weighted by molar-refractivity contribution is 5.80. The summed E-state index contributed by atoms with van der Waals surface area (Å²) in [5.41, 5.74) is 0.676. The van der Waals surface area contributed by atoms with Crippen LogP contribution in [0.4, 0.5) is 0 Å². The normalized spacial score (nSPS) is 26.0. The van der Waals surface area contributed by atoms with Crippen LogP contribution < -0.4 is 5.32 Å². The first kappa shape index (κ1) is 13.7. The topological polar surface area (TPSA) is 36.9 Å². The third kappa shape index (κ3) is 3.16. The van der Waals surface area contributed by atoms with Gasteiger partial charge in [-0.05, 0) is 18.8 Å². The van der Waals surface area contributed by atoms with Gasteiger partial charge in [0.15, 0.2) is 5.96 Å². The molecule has 4 nitrogen and oxygen atoms in total. The van der Waals surface area contributed by atoms with Crippen molar-refractivity contribution in [2.45, 2.75) is 34.1 Å². The molecule has 2 saturated heterocycles. The maximum Gasteiger partial charge on any atom is 0.193 e. The Morgan fingerprint density at radius 3 is 2.50 bits per heavy atom. The fourth-order valence-electron chi connectivity index (χ4n) is 2.53. The van der Waals surface area contributed by atoms with E-state index in [1.807, 2.05) is 0 Å². The molecule has 18 heavy (non-hydrogen) atoms. The molecule has 0 spiro atoms. The first-order valence-electron chi connectivity index (χ1n) is 7.05. The van der Waals surface area contributed by atoms with Gasteiger partial charge in [-0.25, -0.2) is 0 Å². The first-order chi connectivity index (χ1) is 8.44. The molecule has 0 saturated carbocycles. The minimum absolute atomic E-state index is 0.260. The molecule has 0 aromatic rings. The monoisotopic (exact) mass is 253 g/mol. The molecule has 0 unspecified atom stereocenters. The van der Waals surface area contributed by atoms with Gasteiger partial charge in [0.25, 0.3) is 0 Å². The van der Waals surface area contributed by atoms with Crippen LogP contribution in [0.3, 0.4) is 0 Å². The van der Waals surface area contributed by atoms with E-state index in [-0.39, 0.29) is 5.41 Å². The molecule has 0 amide bonds. The van der Waals surface area contributed by atoms with E-state index in [9.17, 15) is 0 Å². The van der Waals surface area contributed by atoms with Gasteiger partial charge in [-0.15, -0.1) is 0 Å². The van der Waals surface area contributed by atoms with Gasteiger partial charge in [0.05, 0.1) is 19.8 Å². The number of ether oxygens (including phenoxy) is 1. The molecule has 104 valence electrons. The van der Waals surface area contributed by atoms with Gasteiger partial charge in [0, 0.05) is 25.0 Å². The van der Waals surface area contributed by atoms with Crippen molar-refractivity contribution in [2.75, 3.05) is 39.4 Å². The molecule has 2 aliphatic heterocycles. The number of likely N-dealkylation sites (tertiary alicyclic amines) is 1. The van der Waals surface area contributed by atoms with Crippen LogP contribution in [-0.2, 0) is 4.74 Å². The van der Waals surface area contributed by atoms with E-state index in [0.717, 1.165) is 45.4 Å². The fourth-order valence-corrected chi connectivity index (χ4v) is 2.53. The molecule has 2 heterocycles. The predicted molar refractivity (Wildman–Crippen MR) is 74.9 cm³/mol. The van der Waals surface area contributed by atoms with E-state index >= 15 is 0 Å². The van der Waals surface area contributed by atoms with Crippen molar-refractivity contribution in [1.82, 2.24) is 10.2 Å². The van der Waals surface area contributed by atoms with Gasteiger partial charge >= 0.3 is 0 Å². The maximum atomic E-state index is 5.29. The Morgan fingerprint density at radius 2 is 2.06 bits per heavy atom. The minimum Gasteiger partial charge on any atom is -0.380 e. The van der Waals surface area contributed by atoms with Gasteiger partial charge in [-0.3, -0.25) is 4.99 Å². The molecular weight excluding hydrogens is 226 g/mol. The van der Waals surface area contributed by atoms with Crippen LogP contribution in [0, 0.1) is 10.8 Å². The van der Waals surface area contributed by atoms with Crippen LogP contribution in [-0.4, -0.2) is 50.3 Å². The molecule has 0 aliphatic carbocycles. The summed E-state index contributed by atoms with van der Waals surface area (Å²) in [6, 6.07) is 0. The minimum atomic E-state index is 0.260. The number of hydrogen-bond donors (Lipinski definition) is 1. The Balaban J connectivity index is 1.97. The summed E-state index contributed by atoms with van der Waals surface area (Å²) in [6.45, 7) is 14.8. The second-order valence-electron chi connectivity index (χ2n) is 6.81. The Hall–Kier alpha value is -0.770. The number of hydrogen-bond acceptors (Lipinski definition) is 2. The zero-order chi connectivity index (χ0) is 13.2. The number of nitrogens with one attached hydrogen (secondary N) is 1. The van der Waals surface area contributed by atoms with Crippen LogP contribution in [0.2, 0.25) is 0 Å². The van der Waals surface area contributed by atoms with E-state index in [1.165, 1.54) is 6.42 Å². The summed E-state index contributed by atoms with van der Waals surface area (Å²) < 4.78 is 5.29. The van der Waals surface area contributed by atoms with Crippen LogP contribution in [0.15, 0.2) is 4.99 Å².